The minimum absolute atomic E-state index is 0.0502. The number of fused-ring (bicyclic) bond motifs is 12. The molecule has 31 heteroatoms. The Kier molecular flexibility index (Phi) is 22.6. The number of amides is 4. The van der Waals surface area contributed by atoms with E-state index in [-0.39, 0.29) is 107 Å². The molecule has 0 bridgehead atoms. The van der Waals surface area contributed by atoms with Crippen molar-refractivity contribution in [3.05, 3.63) is 153 Å². The number of alkyl halides is 6. The van der Waals surface area contributed by atoms with E-state index in [0.29, 0.717) is 79.7 Å². The smallest absolute Gasteiger partial charge is 0.406 e. The molecule has 654 valence electrons. The lowest BCUT2D eigenvalue weighted by atomic mass is 9.61. The van der Waals surface area contributed by atoms with E-state index < -0.39 is 58.5 Å². The third-order valence-corrected chi connectivity index (χ3v) is 29.6. The van der Waals surface area contributed by atoms with Crippen LogP contribution in [-0.2, 0) is 92.4 Å². The first kappa shape index (κ1) is 85.8. The summed E-state index contributed by atoms with van der Waals surface area (Å²) in [7, 11) is 10.2. The third-order valence-electron chi connectivity index (χ3n) is 29.6. The highest BCUT2D eigenvalue weighted by molar-refractivity contribution is 6.11. The Balaban J connectivity index is 0.000000121. The lowest BCUT2D eigenvalue weighted by Crippen LogP contribution is -2.53. The van der Waals surface area contributed by atoms with Crippen molar-refractivity contribution in [2.45, 2.75) is 233 Å². The molecule has 0 radical (unpaired) electrons. The van der Waals surface area contributed by atoms with Crippen molar-refractivity contribution in [1.29, 1.82) is 0 Å². The Bertz CT molecular complexity index is 5030. The van der Waals surface area contributed by atoms with Crippen molar-refractivity contribution in [2.24, 2.45) is 70.5 Å². The number of anilines is 1. The van der Waals surface area contributed by atoms with E-state index in [1.807, 2.05) is 73.7 Å². The number of pyridine rings is 1. The molecule has 6 fully saturated rings. The minimum atomic E-state index is -4.57. The third kappa shape index (κ3) is 14.3. The summed E-state index contributed by atoms with van der Waals surface area (Å²) in [6, 6.07) is 28.8. The van der Waals surface area contributed by atoms with Gasteiger partial charge in [-0.25, -0.2) is 33.1 Å². The maximum Gasteiger partial charge on any atom is 0.406 e. The number of nitrogens with two attached hydrogens (primary N) is 4. The quantitative estimate of drug-likeness (QED) is 0.0559. The Hall–Kier alpha value is -9.72. The monoisotopic (exact) mass is 1690 g/mol. The van der Waals surface area contributed by atoms with Crippen LogP contribution >= 0.6 is 0 Å². The Morgan fingerprint density at radius 3 is 1.31 bits per heavy atom. The summed E-state index contributed by atoms with van der Waals surface area (Å²) in [6.45, 7) is 3.07. The predicted molar refractivity (Wildman–Crippen MR) is 445 cm³/mol. The number of carbonyl (C=O) groups is 5. The molecule has 5 atom stereocenters. The van der Waals surface area contributed by atoms with Crippen LogP contribution in [0.25, 0.3) is 0 Å². The second-order valence-electron chi connectivity index (χ2n) is 36.3. The first-order chi connectivity index (χ1) is 58.1. The van der Waals surface area contributed by atoms with Gasteiger partial charge in [0.2, 0.25) is 0 Å². The van der Waals surface area contributed by atoms with Crippen molar-refractivity contribution >= 4 is 58.9 Å². The summed E-state index contributed by atoms with van der Waals surface area (Å²) >= 11 is 0. The van der Waals surface area contributed by atoms with Gasteiger partial charge in [-0.2, -0.15) is 13.2 Å². The molecule has 14 aliphatic rings. The number of hydrogen-bond donors (Lipinski definition) is 4. The van der Waals surface area contributed by atoms with E-state index in [4.69, 9.17) is 66.3 Å². The lowest BCUT2D eigenvalue weighted by Gasteiger charge is -2.45. The highest BCUT2D eigenvalue weighted by Crippen LogP contribution is 2.67. The summed E-state index contributed by atoms with van der Waals surface area (Å²) in [5, 5.41) is 0. The molecule has 122 heavy (non-hydrogen) atoms. The summed E-state index contributed by atoms with van der Waals surface area (Å²) in [4.78, 5) is 97.2. The molecule has 4 unspecified atom stereocenters. The number of likely N-dealkylation sites (N-methyl/N-ethyl adjacent to an activating group) is 3. The summed E-state index contributed by atoms with van der Waals surface area (Å²) in [5.74, 6) is -1.41. The molecule has 4 aromatic carbocycles. The topological polar surface area (TPSA) is 323 Å². The number of ketones is 1. The van der Waals surface area contributed by atoms with Gasteiger partial charge in [0.1, 0.15) is 23.7 Å². The standard InChI is InChI=1S/C25H28N4O3.C23H28F3N3O3.C22H28F2N4O2.C21H28FN3O3/c1-29-22(31)25(28-23(29)26)19-13-16(14-21(30)20-5-3-4-12-27-20)6-7-17(19)15-24(25)10-8-18(32-2)9-11-24;1-31-16-6-8-21(9-7-16)11-15-4-5-17(32-12-14-2-3-14)10-18(15)23(21)19(30)29(20(27)28-23)13-22(24,25)26;1-27-18(29)22(26-19(27)25)17-11-15(28-10-9-21(23,24)13-28)4-3-14(17)12-20(22)7-5-16(30-2)6-8-20;1-4-27-16-6-5-14-12-20(9-7-15(8-10-20)28-13(2)22)21(17(14)11-16)18(26)25(3)19(23)24-21/h3-7,12-13,18H,8-11,14-15H2,1-2H3,(H2,26,28);4-5,10,14,16H,2-3,6-9,11-13H2,1H3,(H2,27,28);3-4,11,16H,5-10,12-13H2,1-2H3,(H2,25,26);5-6,11,13,15H,4,7-10,12H2,1-3H3,(H2,23,24)/t;16?,21?,23-;;/m.1../s1. The number of methoxy groups -OCH3 is 3. The highest BCUT2D eigenvalue weighted by Gasteiger charge is 2.71. The molecule has 8 N–H and O–H groups in total. The van der Waals surface area contributed by atoms with E-state index in [1.165, 1.54) is 21.6 Å². The Morgan fingerprint density at radius 1 is 0.516 bits per heavy atom. The molecule has 5 saturated carbocycles. The molecular formula is C91H112F6N14O11. The van der Waals surface area contributed by atoms with Gasteiger partial charge in [0.15, 0.2) is 58.1 Å². The number of hydrogen-bond acceptors (Lipinski definition) is 21. The van der Waals surface area contributed by atoms with Crippen molar-refractivity contribution < 1.29 is 78.7 Å². The number of carbonyl (C=O) groups excluding carboxylic acids is 5. The zero-order valence-electron chi connectivity index (χ0n) is 70.7. The number of benzene rings is 4. The molecule has 5 aliphatic heterocycles. The highest BCUT2D eigenvalue weighted by atomic mass is 19.4. The number of aliphatic imine (C=N–C) groups is 4. The van der Waals surface area contributed by atoms with Gasteiger partial charge in [0.05, 0.1) is 44.2 Å². The molecule has 19 rings (SSSR count). The average Bonchev–Trinajstić information content (AvgIpc) is 1.54. The van der Waals surface area contributed by atoms with Gasteiger partial charge in [-0.15, -0.1) is 0 Å². The van der Waals surface area contributed by atoms with Crippen LogP contribution in [0.1, 0.15) is 196 Å². The number of rotatable bonds is 15. The molecule has 6 heterocycles. The first-order valence-electron chi connectivity index (χ1n) is 43.0. The summed E-state index contributed by atoms with van der Waals surface area (Å²) < 4.78 is 114. The maximum atomic E-state index is 13.8. The van der Waals surface area contributed by atoms with Crippen LogP contribution in [0.3, 0.4) is 0 Å². The fourth-order valence-electron chi connectivity index (χ4n) is 23.0. The summed E-state index contributed by atoms with van der Waals surface area (Å²) in [5.41, 5.74) is 27.7. The van der Waals surface area contributed by atoms with E-state index in [0.717, 1.165) is 165 Å². The molecule has 4 amide bonds. The zero-order chi connectivity index (χ0) is 86.7. The van der Waals surface area contributed by atoms with Gasteiger partial charge in [-0.05, 0) is 260 Å². The van der Waals surface area contributed by atoms with Crippen LogP contribution in [-0.4, -0.2) is 196 Å². The minimum Gasteiger partial charge on any atom is -0.494 e. The number of halogens is 6. The van der Waals surface area contributed by atoms with Crippen molar-refractivity contribution in [3.8, 4) is 11.5 Å². The molecule has 5 aromatic rings. The van der Waals surface area contributed by atoms with Crippen molar-refractivity contribution in [2.75, 3.05) is 80.2 Å². The Labute approximate surface area is 707 Å². The van der Waals surface area contributed by atoms with Gasteiger partial charge in [-0.3, -0.25) is 48.6 Å². The molecule has 25 nitrogen and oxygen atoms in total. The molecule has 1 aromatic heterocycles. The number of aromatic nitrogens is 1. The number of ether oxygens (including phenoxy) is 6. The number of guanidine groups is 4. The predicted octanol–water partition coefficient (Wildman–Crippen LogP) is 11.7. The van der Waals surface area contributed by atoms with Gasteiger partial charge in [-0.1, -0.05) is 42.5 Å². The van der Waals surface area contributed by atoms with Crippen LogP contribution in [0.15, 0.2) is 117 Å². The second-order valence-corrected chi connectivity index (χ2v) is 36.3. The molecule has 9 aliphatic carbocycles. The maximum absolute atomic E-state index is 13.8. The lowest BCUT2D eigenvalue weighted by molar-refractivity contribution is -0.158. The summed E-state index contributed by atoms with van der Waals surface area (Å²) in [6.07, 6.45) is 13.7. The molecule has 8 spiro atoms. The second kappa shape index (κ2) is 32.1. The van der Waals surface area contributed by atoms with Crippen LogP contribution < -0.4 is 37.3 Å². The van der Waals surface area contributed by atoms with Gasteiger partial charge >= 0.3 is 6.18 Å². The van der Waals surface area contributed by atoms with Crippen LogP contribution in [0.4, 0.5) is 32.0 Å². The largest absolute Gasteiger partial charge is 0.494 e. The molecular weight excluding hydrogens is 1580 g/mol. The van der Waals surface area contributed by atoms with E-state index in [1.54, 1.807) is 71.8 Å². The van der Waals surface area contributed by atoms with Crippen LogP contribution in [0.5, 0.6) is 11.5 Å². The van der Waals surface area contributed by atoms with Gasteiger partial charge in [0.25, 0.3) is 29.6 Å². The van der Waals surface area contributed by atoms with Gasteiger partial charge in [0, 0.05) is 95.4 Å². The SMILES string of the molecule is CCOc1ccc2c(c1)C1(N=C(N)N(C)C1=O)C1(CCC(OC(C)F)CC1)C2.COC1CCC2(CC1)Cc1ccc(CC(=O)c3ccccn3)cc1C21N=C(N)N(C)C1=O.COC1CCC2(CC1)Cc1ccc(N3CCC(F)(F)C3)cc1C21N=C(N)N(C)C1=O.COC1CCC2(CC1)Cc1ccc(OCC3CC3)cc1[C@]21N=C(N)N(CC(F)(F)F)C1=O. The van der Waals surface area contributed by atoms with Crippen LogP contribution in [0, 0.1) is 27.6 Å². The Morgan fingerprint density at radius 2 is 0.926 bits per heavy atom. The molecule has 1 saturated heterocycles. The van der Waals surface area contributed by atoms with Gasteiger partial charge < -0.3 is 56.3 Å². The van der Waals surface area contributed by atoms with E-state index in [2.05, 4.69) is 16.0 Å². The number of nitrogens with zero attached hydrogens (tertiary/aromatic N) is 10. The van der Waals surface area contributed by atoms with E-state index in [9.17, 15) is 50.3 Å². The average molecular weight is 1690 g/mol. The van der Waals surface area contributed by atoms with Crippen LogP contribution in [0.2, 0.25) is 0 Å². The van der Waals surface area contributed by atoms with Crippen molar-refractivity contribution in [3.63, 3.8) is 0 Å². The fraction of sp³-hybridized carbons (Fsp3) is 0.582. The van der Waals surface area contributed by atoms with Crippen molar-refractivity contribution in [1.82, 2.24) is 24.6 Å². The number of Topliss-reactive ketones (excluding diaryl/α,β-unsaturated/α-hetero) is 1. The fourth-order valence-corrected chi connectivity index (χ4v) is 23.0. The normalized spacial score (nSPS) is 32.1. The zero-order valence-corrected chi connectivity index (χ0v) is 70.7. The first-order valence-corrected chi connectivity index (χ1v) is 43.0. The van der Waals surface area contributed by atoms with E-state index >= 15 is 0 Å².